The fraction of sp³-hybridized carbons (Fsp3) is 0.357. The first kappa shape index (κ1) is 29.6. The van der Waals surface area contributed by atoms with Crippen molar-refractivity contribution < 1.29 is 19.1 Å². The maximum absolute atomic E-state index is 13.6. The van der Waals surface area contributed by atoms with Gasteiger partial charge >= 0.3 is 0 Å². The average Bonchev–Trinajstić information content (AvgIpc) is 3.32. The van der Waals surface area contributed by atoms with Crippen LogP contribution in [0, 0.1) is 13.8 Å². The molecule has 0 aliphatic heterocycles. The molecule has 4 rings (SSSR count). The third kappa shape index (κ3) is 7.24. The van der Waals surface area contributed by atoms with E-state index >= 15 is 0 Å². The largest absolute Gasteiger partial charge is 0.494 e. The van der Waals surface area contributed by atoms with Gasteiger partial charge in [0.2, 0.25) is 0 Å². The van der Waals surface area contributed by atoms with Crippen LogP contribution in [0.2, 0.25) is 25.7 Å². The van der Waals surface area contributed by atoms with Crippen LogP contribution in [0.5, 0.6) is 5.75 Å². The number of amides is 2. The molecule has 13 heteroatoms. The van der Waals surface area contributed by atoms with Crippen LogP contribution in [0.25, 0.3) is 11.0 Å². The number of aromatic nitrogens is 5. The fourth-order valence-electron chi connectivity index (χ4n) is 4.20. The minimum Gasteiger partial charge on any atom is -0.494 e. The summed E-state index contributed by atoms with van der Waals surface area (Å²) in [5, 5.41) is 8.56. The van der Waals surface area contributed by atoms with Gasteiger partial charge in [0.05, 0.1) is 35.8 Å². The number of carbonyl (C=O) groups excluding carboxylic acids is 2. The van der Waals surface area contributed by atoms with Crippen molar-refractivity contribution in [3.63, 3.8) is 0 Å². The number of anilines is 3. The van der Waals surface area contributed by atoms with Crippen molar-refractivity contribution in [2.75, 3.05) is 31.4 Å². The lowest BCUT2D eigenvalue weighted by Gasteiger charge is -2.17. The first-order chi connectivity index (χ1) is 19.5. The zero-order valence-electron chi connectivity index (χ0n) is 24.5. The van der Waals surface area contributed by atoms with Crippen LogP contribution in [-0.4, -0.2) is 65.2 Å². The lowest BCUT2D eigenvalue weighted by molar-refractivity contribution is 0.0895. The van der Waals surface area contributed by atoms with Crippen molar-refractivity contribution in [3.8, 4) is 5.75 Å². The zero-order valence-corrected chi connectivity index (χ0v) is 25.5. The van der Waals surface area contributed by atoms with Crippen LogP contribution in [0.15, 0.2) is 36.8 Å². The van der Waals surface area contributed by atoms with E-state index < -0.39 is 19.9 Å². The number of aryl methyl sites for hydroxylation is 2. The number of rotatable bonds is 11. The SMILES string of the molecule is CNC(=O)c1cnc(Nc2cc(C)nc(C)n2)cc1NC(=O)c1ccc2ncn(COCC[Si](C)(C)C)c2c1OC. The molecule has 3 aromatic heterocycles. The molecule has 0 aliphatic rings. The van der Waals surface area contributed by atoms with Gasteiger partial charge in [0.15, 0.2) is 5.75 Å². The minimum atomic E-state index is -1.23. The molecular formula is C28H36N8O4Si. The highest BCUT2D eigenvalue weighted by atomic mass is 28.3. The summed E-state index contributed by atoms with van der Waals surface area (Å²) in [6.07, 6.45) is 3.06. The molecule has 0 unspecified atom stereocenters. The molecule has 0 radical (unpaired) electrons. The third-order valence-corrected chi connectivity index (χ3v) is 7.96. The summed E-state index contributed by atoms with van der Waals surface area (Å²) in [5.74, 6) is 1.02. The second-order valence-electron chi connectivity index (χ2n) is 10.8. The topological polar surface area (TPSA) is 145 Å². The van der Waals surface area contributed by atoms with Crippen LogP contribution >= 0.6 is 0 Å². The lowest BCUT2D eigenvalue weighted by atomic mass is 10.1. The summed E-state index contributed by atoms with van der Waals surface area (Å²) in [5.41, 5.74) is 2.84. The quantitative estimate of drug-likeness (QED) is 0.173. The number of carbonyl (C=O) groups is 2. The van der Waals surface area contributed by atoms with Crippen LogP contribution in [0.3, 0.4) is 0 Å². The Morgan fingerprint density at radius 3 is 2.46 bits per heavy atom. The maximum Gasteiger partial charge on any atom is 0.259 e. The fourth-order valence-corrected chi connectivity index (χ4v) is 4.96. The normalized spacial score (nSPS) is 11.4. The summed E-state index contributed by atoms with van der Waals surface area (Å²) in [6.45, 7) is 11.5. The molecule has 0 fully saturated rings. The van der Waals surface area contributed by atoms with Crippen molar-refractivity contribution in [2.45, 2.75) is 46.3 Å². The standard InChI is InChI=1S/C28H36N8O4Si/c1-17-12-24(33-18(2)32-17)35-23-13-22(20(14-30-23)27(37)29-3)34-28(38)19-8-9-21-25(26(19)39-4)36(15-31-21)16-40-10-11-41(5,6)7/h8-9,12-15H,10-11,16H2,1-7H3,(H,29,37)(H2,30,32,33,34,35,38). The van der Waals surface area contributed by atoms with E-state index in [9.17, 15) is 9.59 Å². The number of hydrogen-bond acceptors (Lipinski definition) is 9. The summed E-state index contributed by atoms with van der Waals surface area (Å²) >= 11 is 0. The number of hydrogen-bond donors (Lipinski definition) is 3. The van der Waals surface area contributed by atoms with Crippen molar-refractivity contribution in [1.29, 1.82) is 0 Å². The van der Waals surface area contributed by atoms with Crippen LogP contribution < -0.4 is 20.7 Å². The highest BCUT2D eigenvalue weighted by Crippen LogP contribution is 2.31. The van der Waals surface area contributed by atoms with E-state index in [1.165, 1.54) is 20.4 Å². The van der Waals surface area contributed by atoms with Gasteiger partial charge in [-0.15, -0.1) is 0 Å². The van der Waals surface area contributed by atoms with Crippen molar-refractivity contribution in [1.82, 2.24) is 29.8 Å². The number of ether oxygens (including phenoxy) is 2. The van der Waals surface area contributed by atoms with Crippen molar-refractivity contribution in [2.24, 2.45) is 0 Å². The molecule has 2 amide bonds. The monoisotopic (exact) mass is 576 g/mol. The summed E-state index contributed by atoms with van der Waals surface area (Å²) in [7, 11) is 1.79. The molecule has 3 heterocycles. The maximum atomic E-state index is 13.6. The van der Waals surface area contributed by atoms with E-state index in [-0.39, 0.29) is 23.5 Å². The van der Waals surface area contributed by atoms with E-state index in [0.717, 1.165) is 11.7 Å². The van der Waals surface area contributed by atoms with Gasteiger partial charge in [-0.25, -0.2) is 19.9 Å². The predicted octanol–water partition coefficient (Wildman–Crippen LogP) is 4.51. The van der Waals surface area contributed by atoms with E-state index in [1.54, 1.807) is 37.5 Å². The molecule has 0 bridgehead atoms. The van der Waals surface area contributed by atoms with Crippen LogP contribution in [0.1, 0.15) is 32.2 Å². The number of pyridine rings is 1. The van der Waals surface area contributed by atoms with Crippen molar-refractivity contribution >= 4 is 48.2 Å². The number of methoxy groups -OCH3 is 1. The number of nitrogens with zero attached hydrogens (tertiary/aromatic N) is 5. The highest BCUT2D eigenvalue weighted by Gasteiger charge is 2.22. The van der Waals surface area contributed by atoms with Gasteiger partial charge in [-0.2, -0.15) is 0 Å². The molecule has 1 aromatic carbocycles. The number of benzene rings is 1. The minimum absolute atomic E-state index is 0.197. The zero-order chi connectivity index (χ0) is 29.7. The molecule has 0 saturated heterocycles. The molecule has 3 N–H and O–H groups in total. The Hall–Kier alpha value is -4.36. The Kier molecular flexibility index (Phi) is 8.98. The van der Waals surface area contributed by atoms with Gasteiger partial charge in [0.1, 0.15) is 29.7 Å². The molecule has 0 atom stereocenters. The van der Waals surface area contributed by atoms with E-state index in [0.29, 0.717) is 40.8 Å². The average molecular weight is 577 g/mol. The first-order valence-electron chi connectivity index (χ1n) is 13.2. The van der Waals surface area contributed by atoms with Gasteiger partial charge in [0, 0.05) is 45.8 Å². The van der Waals surface area contributed by atoms with Gasteiger partial charge in [0.25, 0.3) is 11.8 Å². The second-order valence-corrected chi connectivity index (χ2v) is 16.4. The second kappa shape index (κ2) is 12.4. The summed E-state index contributed by atoms with van der Waals surface area (Å²) in [6, 6.07) is 7.79. The first-order valence-corrected chi connectivity index (χ1v) is 16.9. The lowest BCUT2D eigenvalue weighted by Crippen LogP contribution is -2.22. The Morgan fingerprint density at radius 2 is 1.78 bits per heavy atom. The molecule has 0 saturated carbocycles. The smallest absolute Gasteiger partial charge is 0.259 e. The van der Waals surface area contributed by atoms with Crippen molar-refractivity contribution in [3.05, 3.63) is 59.4 Å². The Labute approximate surface area is 239 Å². The molecule has 216 valence electrons. The number of nitrogens with one attached hydrogen (secondary N) is 3. The highest BCUT2D eigenvalue weighted by molar-refractivity contribution is 6.76. The van der Waals surface area contributed by atoms with Crippen LogP contribution in [0.4, 0.5) is 17.3 Å². The Balaban J connectivity index is 1.63. The van der Waals surface area contributed by atoms with Gasteiger partial charge < -0.3 is 30.0 Å². The summed E-state index contributed by atoms with van der Waals surface area (Å²) in [4.78, 5) is 43.7. The summed E-state index contributed by atoms with van der Waals surface area (Å²) < 4.78 is 13.5. The predicted molar refractivity (Wildman–Crippen MR) is 161 cm³/mol. The molecule has 4 aromatic rings. The van der Waals surface area contributed by atoms with Gasteiger partial charge in [-0.05, 0) is 32.0 Å². The molecule has 12 nitrogen and oxygen atoms in total. The van der Waals surface area contributed by atoms with Gasteiger partial charge in [-0.3, -0.25) is 9.59 Å². The Morgan fingerprint density at radius 1 is 1.00 bits per heavy atom. The molecular weight excluding hydrogens is 540 g/mol. The number of imidazole rings is 1. The molecule has 0 aliphatic carbocycles. The van der Waals surface area contributed by atoms with E-state index in [2.05, 4.69) is 55.5 Å². The van der Waals surface area contributed by atoms with E-state index in [1.807, 2.05) is 11.5 Å². The van der Waals surface area contributed by atoms with Gasteiger partial charge in [-0.1, -0.05) is 19.6 Å². The van der Waals surface area contributed by atoms with Crippen LogP contribution in [-0.2, 0) is 11.5 Å². The number of fused-ring (bicyclic) bond motifs is 1. The molecule has 41 heavy (non-hydrogen) atoms. The van der Waals surface area contributed by atoms with E-state index in [4.69, 9.17) is 9.47 Å². The Bertz CT molecular complexity index is 1560. The molecule has 0 spiro atoms. The third-order valence-electron chi connectivity index (χ3n) is 6.26.